The molecule has 1 amide bonds. The summed E-state index contributed by atoms with van der Waals surface area (Å²) in [6.07, 6.45) is 1.65. The van der Waals surface area contributed by atoms with Crippen LogP contribution >= 0.6 is 11.8 Å². The molecule has 5 heteroatoms. The molecule has 0 saturated carbocycles. The van der Waals surface area contributed by atoms with Gasteiger partial charge in [0.2, 0.25) is 0 Å². The third kappa shape index (κ3) is 2.18. The SMILES string of the molecule is CC1CN(C(=O)c2ccc3nc[nH]c3c2)c2ccccc2S1. The third-order valence-corrected chi connectivity index (χ3v) is 4.99. The first-order valence-corrected chi connectivity index (χ1v) is 8.11. The van der Waals surface area contributed by atoms with Crippen LogP contribution in [0.3, 0.4) is 0 Å². The normalized spacial score (nSPS) is 17.5. The lowest BCUT2D eigenvalue weighted by Crippen LogP contribution is -2.38. The summed E-state index contributed by atoms with van der Waals surface area (Å²) in [6.45, 7) is 2.88. The number of carbonyl (C=O) groups is 1. The summed E-state index contributed by atoms with van der Waals surface area (Å²) in [5.41, 5.74) is 3.45. The van der Waals surface area contributed by atoms with Crippen molar-refractivity contribution in [1.29, 1.82) is 0 Å². The molecular weight excluding hydrogens is 294 g/mol. The molecule has 1 N–H and O–H groups in total. The van der Waals surface area contributed by atoms with Gasteiger partial charge in [0.05, 0.1) is 23.0 Å². The van der Waals surface area contributed by atoms with Crippen molar-refractivity contribution in [3.8, 4) is 0 Å². The van der Waals surface area contributed by atoms with Crippen LogP contribution in [0.5, 0.6) is 0 Å². The zero-order valence-electron chi connectivity index (χ0n) is 12.1. The number of anilines is 1. The molecule has 0 aliphatic carbocycles. The fraction of sp³-hybridized carbons (Fsp3) is 0.176. The number of aromatic nitrogens is 2. The predicted molar refractivity (Wildman–Crippen MR) is 89.5 cm³/mol. The fourth-order valence-corrected chi connectivity index (χ4v) is 3.92. The molecule has 1 aliphatic rings. The number of thioether (sulfide) groups is 1. The van der Waals surface area contributed by atoms with E-state index in [1.54, 1.807) is 6.33 Å². The molecule has 2 heterocycles. The summed E-state index contributed by atoms with van der Waals surface area (Å²) in [6, 6.07) is 13.7. The number of para-hydroxylation sites is 1. The zero-order chi connectivity index (χ0) is 15.1. The molecule has 0 radical (unpaired) electrons. The number of nitrogens with zero attached hydrogens (tertiary/aromatic N) is 2. The van der Waals surface area contributed by atoms with E-state index in [0.29, 0.717) is 10.8 Å². The lowest BCUT2D eigenvalue weighted by atomic mass is 10.1. The van der Waals surface area contributed by atoms with E-state index in [9.17, 15) is 4.79 Å². The van der Waals surface area contributed by atoms with E-state index in [0.717, 1.165) is 28.2 Å². The highest BCUT2D eigenvalue weighted by Crippen LogP contribution is 2.38. The van der Waals surface area contributed by atoms with E-state index in [4.69, 9.17) is 0 Å². The summed E-state index contributed by atoms with van der Waals surface area (Å²) in [7, 11) is 0. The van der Waals surface area contributed by atoms with Gasteiger partial charge < -0.3 is 9.88 Å². The number of imidazole rings is 1. The number of benzene rings is 2. The Morgan fingerprint density at radius 2 is 2.18 bits per heavy atom. The van der Waals surface area contributed by atoms with Crippen molar-refractivity contribution in [2.75, 3.05) is 11.4 Å². The van der Waals surface area contributed by atoms with E-state index in [-0.39, 0.29) is 5.91 Å². The van der Waals surface area contributed by atoms with Gasteiger partial charge in [0.1, 0.15) is 0 Å². The highest BCUT2D eigenvalue weighted by atomic mass is 32.2. The van der Waals surface area contributed by atoms with Crippen LogP contribution in [0.1, 0.15) is 17.3 Å². The summed E-state index contributed by atoms with van der Waals surface area (Å²) < 4.78 is 0. The standard InChI is InChI=1S/C17H15N3OS/c1-11-9-20(15-4-2-3-5-16(15)22-11)17(21)12-6-7-13-14(8-12)19-10-18-13/h2-8,10-11H,9H2,1H3,(H,18,19). The van der Waals surface area contributed by atoms with Gasteiger partial charge >= 0.3 is 0 Å². The maximum Gasteiger partial charge on any atom is 0.258 e. The molecule has 2 aromatic carbocycles. The Balaban J connectivity index is 1.76. The molecule has 1 unspecified atom stereocenters. The van der Waals surface area contributed by atoms with E-state index >= 15 is 0 Å². The molecular formula is C17H15N3OS. The molecule has 22 heavy (non-hydrogen) atoms. The van der Waals surface area contributed by atoms with E-state index in [2.05, 4.69) is 23.0 Å². The third-order valence-electron chi connectivity index (χ3n) is 3.84. The number of hydrogen-bond acceptors (Lipinski definition) is 3. The second kappa shape index (κ2) is 5.18. The Hall–Kier alpha value is -2.27. The quantitative estimate of drug-likeness (QED) is 0.745. The van der Waals surface area contributed by atoms with Gasteiger partial charge in [0, 0.05) is 22.3 Å². The van der Waals surface area contributed by atoms with Gasteiger partial charge in [-0.2, -0.15) is 0 Å². The van der Waals surface area contributed by atoms with Crippen molar-refractivity contribution < 1.29 is 4.79 Å². The second-order valence-corrected chi connectivity index (χ2v) is 6.93. The fourth-order valence-electron chi connectivity index (χ4n) is 2.81. The van der Waals surface area contributed by atoms with Crippen LogP contribution in [0.4, 0.5) is 5.69 Å². The Labute approximate surface area is 132 Å². The van der Waals surface area contributed by atoms with Crippen LogP contribution in [0.15, 0.2) is 53.7 Å². The summed E-state index contributed by atoms with van der Waals surface area (Å²) >= 11 is 1.82. The average molecular weight is 309 g/mol. The van der Waals surface area contributed by atoms with E-state index < -0.39 is 0 Å². The number of carbonyl (C=O) groups excluding carboxylic acids is 1. The average Bonchev–Trinajstić information content (AvgIpc) is 3.00. The van der Waals surface area contributed by atoms with Crippen LogP contribution in [-0.2, 0) is 0 Å². The Kier molecular flexibility index (Phi) is 3.15. The van der Waals surface area contributed by atoms with Crippen molar-refractivity contribution in [2.24, 2.45) is 0 Å². The summed E-state index contributed by atoms with van der Waals surface area (Å²) in [5, 5.41) is 0.384. The van der Waals surface area contributed by atoms with Crippen molar-refractivity contribution in [3.05, 3.63) is 54.4 Å². The molecule has 1 atom stereocenters. The Bertz CT molecular complexity index is 858. The number of amides is 1. The monoisotopic (exact) mass is 309 g/mol. The van der Waals surface area contributed by atoms with Crippen LogP contribution in [0.25, 0.3) is 11.0 Å². The molecule has 1 aromatic heterocycles. The molecule has 0 spiro atoms. The zero-order valence-corrected chi connectivity index (χ0v) is 12.9. The first-order valence-electron chi connectivity index (χ1n) is 7.23. The molecule has 0 fully saturated rings. The van der Waals surface area contributed by atoms with Crippen molar-refractivity contribution in [2.45, 2.75) is 17.1 Å². The maximum absolute atomic E-state index is 13.0. The van der Waals surface area contributed by atoms with Gasteiger partial charge in [0.25, 0.3) is 5.91 Å². The van der Waals surface area contributed by atoms with Gasteiger partial charge in [-0.1, -0.05) is 19.1 Å². The molecule has 4 rings (SSSR count). The Morgan fingerprint density at radius 1 is 1.32 bits per heavy atom. The topological polar surface area (TPSA) is 49.0 Å². The number of H-pyrrole nitrogens is 1. The van der Waals surface area contributed by atoms with Crippen LogP contribution in [0, 0.1) is 0 Å². The minimum atomic E-state index is 0.0381. The van der Waals surface area contributed by atoms with Crippen LogP contribution in [0.2, 0.25) is 0 Å². The van der Waals surface area contributed by atoms with Crippen LogP contribution < -0.4 is 4.90 Å². The number of nitrogens with one attached hydrogen (secondary N) is 1. The van der Waals surface area contributed by atoms with E-state index in [1.807, 2.05) is 53.1 Å². The van der Waals surface area contributed by atoms with Gasteiger partial charge in [-0.15, -0.1) is 11.8 Å². The predicted octanol–water partition coefficient (Wildman–Crippen LogP) is 3.70. The number of fused-ring (bicyclic) bond motifs is 2. The first kappa shape index (κ1) is 13.4. The largest absolute Gasteiger partial charge is 0.345 e. The molecule has 110 valence electrons. The van der Waals surface area contributed by atoms with Crippen LogP contribution in [-0.4, -0.2) is 27.7 Å². The van der Waals surface area contributed by atoms with Crippen molar-refractivity contribution in [3.63, 3.8) is 0 Å². The number of aromatic amines is 1. The van der Waals surface area contributed by atoms with Gasteiger partial charge in [-0.3, -0.25) is 4.79 Å². The summed E-state index contributed by atoms with van der Waals surface area (Å²) in [4.78, 5) is 23.3. The van der Waals surface area contributed by atoms with Crippen molar-refractivity contribution in [1.82, 2.24) is 9.97 Å². The molecule has 1 aliphatic heterocycles. The minimum absolute atomic E-state index is 0.0381. The Morgan fingerprint density at radius 3 is 3.09 bits per heavy atom. The molecule has 0 bridgehead atoms. The first-order chi connectivity index (χ1) is 10.7. The van der Waals surface area contributed by atoms with E-state index in [1.165, 1.54) is 0 Å². The van der Waals surface area contributed by atoms with Crippen molar-refractivity contribution >= 4 is 34.4 Å². The lowest BCUT2D eigenvalue weighted by molar-refractivity contribution is 0.0986. The minimum Gasteiger partial charge on any atom is -0.345 e. The smallest absolute Gasteiger partial charge is 0.258 e. The molecule has 3 aromatic rings. The number of rotatable bonds is 1. The lowest BCUT2D eigenvalue weighted by Gasteiger charge is -2.32. The van der Waals surface area contributed by atoms with Gasteiger partial charge in [-0.25, -0.2) is 4.98 Å². The van der Waals surface area contributed by atoms with Gasteiger partial charge in [-0.05, 0) is 30.3 Å². The van der Waals surface area contributed by atoms with Gasteiger partial charge in [0.15, 0.2) is 0 Å². The molecule has 4 nitrogen and oxygen atoms in total. The number of hydrogen-bond donors (Lipinski definition) is 1. The highest BCUT2D eigenvalue weighted by Gasteiger charge is 2.27. The summed E-state index contributed by atoms with van der Waals surface area (Å²) in [5.74, 6) is 0.0381. The maximum atomic E-state index is 13.0. The highest BCUT2D eigenvalue weighted by molar-refractivity contribution is 8.00. The second-order valence-electron chi connectivity index (χ2n) is 5.45. The molecule has 0 saturated heterocycles.